The van der Waals surface area contributed by atoms with Crippen LogP contribution in [0.25, 0.3) is 0 Å². The number of ether oxygens (including phenoxy) is 4. The van der Waals surface area contributed by atoms with Crippen LogP contribution in [-0.2, 0) is 25.5 Å². The van der Waals surface area contributed by atoms with E-state index in [0.717, 1.165) is 5.56 Å². The van der Waals surface area contributed by atoms with Crippen LogP contribution in [0.5, 0.6) is 11.5 Å². The molecule has 1 aliphatic rings. The van der Waals surface area contributed by atoms with Crippen LogP contribution in [0.3, 0.4) is 0 Å². The third-order valence-corrected chi connectivity index (χ3v) is 5.74. The van der Waals surface area contributed by atoms with Gasteiger partial charge in [-0.15, -0.1) is 0 Å². The van der Waals surface area contributed by atoms with Gasteiger partial charge in [0.15, 0.2) is 11.5 Å². The Labute approximate surface area is 198 Å². The second kappa shape index (κ2) is 10.9. The number of hydrogen-bond donors (Lipinski definition) is 0. The summed E-state index contributed by atoms with van der Waals surface area (Å²) >= 11 is 6.42. The van der Waals surface area contributed by atoms with Gasteiger partial charge >= 0.3 is 11.9 Å². The Morgan fingerprint density at radius 2 is 1.48 bits per heavy atom. The number of nitrogens with zero attached hydrogens (tertiary/aromatic N) is 1. The molecule has 2 aromatic rings. The zero-order valence-electron chi connectivity index (χ0n) is 19.0. The van der Waals surface area contributed by atoms with Crippen LogP contribution >= 0.6 is 11.6 Å². The molecular formula is C25H26ClNO6. The summed E-state index contributed by atoms with van der Waals surface area (Å²) in [6, 6.07) is 12.7. The van der Waals surface area contributed by atoms with Gasteiger partial charge in [0.05, 0.1) is 45.5 Å². The second-order valence-corrected chi connectivity index (χ2v) is 7.69. The van der Waals surface area contributed by atoms with E-state index in [0.29, 0.717) is 46.2 Å². The Balaban J connectivity index is 1.96. The van der Waals surface area contributed by atoms with Crippen LogP contribution in [-0.4, -0.2) is 51.8 Å². The fraction of sp³-hybridized carbons (Fsp3) is 0.280. The highest BCUT2D eigenvalue weighted by molar-refractivity contribution is 6.31. The lowest BCUT2D eigenvalue weighted by Gasteiger charge is -2.30. The fourth-order valence-electron chi connectivity index (χ4n) is 3.76. The number of rotatable bonds is 8. The van der Waals surface area contributed by atoms with Gasteiger partial charge in [0.2, 0.25) is 0 Å². The standard InChI is InChI=1S/C25H26ClNO6/c1-30-21-10-9-16(13-22(21)31-2)11-12-27-14-18(24(28)32-3)23(19(15-27)25(29)33-4)17-7-5-6-8-20(17)26/h5-10,13-15,23H,11-12H2,1-4H3. The van der Waals surface area contributed by atoms with E-state index in [1.807, 2.05) is 18.2 Å². The van der Waals surface area contributed by atoms with Crippen LogP contribution < -0.4 is 9.47 Å². The van der Waals surface area contributed by atoms with E-state index in [1.54, 1.807) is 55.8 Å². The first-order valence-corrected chi connectivity index (χ1v) is 10.6. The summed E-state index contributed by atoms with van der Waals surface area (Å²) in [5.74, 6) is -0.543. The van der Waals surface area contributed by atoms with Crippen molar-refractivity contribution in [1.29, 1.82) is 0 Å². The summed E-state index contributed by atoms with van der Waals surface area (Å²) in [5, 5.41) is 0.436. The lowest BCUT2D eigenvalue weighted by Crippen LogP contribution is -2.29. The molecule has 0 saturated carbocycles. The first kappa shape index (κ1) is 24.2. The zero-order valence-corrected chi connectivity index (χ0v) is 19.7. The fourth-order valence-corrected chi connectivity index (χ4v) is 4.00. The van der Waals surface area contributed by atoms with Gasteiger partial charge < -0.3 is 23.8 Å². The van der Waals surface area contributed by atoms with Crippen molar-refractivity contribution in [3.8, 4) is 11.5 Å². The van der Waals surface area contributed by atoms with Crippen molar-refractivity contribution >= 4 is 23.5 Å². The molecule has 0 spiro atoms. The molecular weight excluding hydrogens is 446 g/mol. The van der Waals surface area contributed by atoms with E-state index in [-0.39, 0.29) is 0 Å². The predicted octanol–water partition coefficient (Wildman–Crippen LogP) is 4.11. The van der Waals surface area contributed by atoms with Gasteiger partial charge in [-0.05, 0) is 35.7 Å². The van der Waals surface area contributed by atoms with Crippen molar-refractivity contribution in [2.75, 3.05) is 35.0 Å². The van der Waals surface area contributed by atoms with Crippen LogP contribution in [0.15, 0.2) is 66.0 Å². The number of hydrogen-bond acceptors (Lipinski definition) is 7. The smallest absolute Gasteiger partial charge is 0.336 e. The van der Waals surface area contributed by atoms with E-state index in [9.17, 15) is 9.59 Å². The first-order valence-electron chi connectivity index (χ1n) is 10.2. The van der Waals surface area contributed by atoms with Crippen LogP contribution in [0.1, 0.15) is 17.0 Å². The Morgan fingerprint density at radius 1 is 0.879 bits per heavy atom. The second-order valence-electron chi connectivity index (χ2n) is 7.28. The average molecular weight is 472 g/mol. The zero-order chi connectivity index (χ0) is 24.0. The summed E-state index contributed by atoms with van der Waals surface area (Å²) in [6.45, 7) is 0.492. The van der Waals surface area contributed by atoms with Crippen molar-refractivity contribution in [3.05, 3.63) is 82.2 Å². The Hall–Kier alpha value is -3.45. The van der Waals surface area contributed by atoms with Crippen molar-refractivity contribution in [2.24, 2.45) is 0 Å². The lowest BCUT2D eigenvalue weighted by molar-refractivity contribution is -0.137. The van der Waals surface area contributed by atoms with E-state index in [4.69, 9.17) is 30.5 Å². The monoisotopic (exact) mass is 471 g/mol. The molecule has 7 nitrogen and oxygen atoms in total. The van der Waals surface area contributed by atoms with Crippen molar-refractivity contribution in [1.82, 2.24) is 4.90 Å². The summed E-state index contributed by atoms with van der Waals surface area (Å²) in [6.07, 6.45) is 3.99. The van der Waals surface area contributed by atoms with Gasteiger partial charge in [0.1, 0.15) is 0 Å². The molecule has 0 aliphatic carbocycles. The normalized spacial score (nSPS) is 13.7. The molecule has 0 N–H and O–H groups in total. The van der Waals surface area contributed by atoms with Crippen molar-refractivity contribution in [2.45, 2.75) is 12.3 Å². The molecule has 0 radical (unpaired) electrons. The van der Waals surface area contributed by atoms with Gasteiger partial charge in [-0.25, -0.2) is 9.59 Å². The number of carbonyl (C=O) groups is 2. The van der Waals surface area contributed by atoms with Crippen LogP contribution in [0.4, 0.5) is 0 Å². The maximum Gasteiger partial charge on any atom is 0.336 e. The summed E-state index contributed by atoms with van der Waals surface area (Å²) in [4.78, 5) is 27.2. The minimum atomic E-state index is -0.712. The van der Waals surface area contributed by atoms with Gasteiger partial charge in [-0.1, -0.05) is 35.9 Å². The van der Waals surface area contributed by atoms with E-state index < -0.39 is 17.9 Å². The number of carbonyl (C=O) groups excluding carboxylic acids is 2. The van der Waals surface area contributed by atoms with Crippen LogP contribution in [0.2, 0.25) is 5.02 Å². The molecule has 3 rings (SSSR count). The highest BCUT2D eigenvalue weighted by Gasteiger charge is 2.36. The minimum absolute atomic E-state index is 0.292. The minimum Gasteiger partial charge on any atom is -0.493 e. The van der Waals surface area contributed by atoms with Gasteiger partial charge in [-0.3, -0.25) is 0 Å². The largest absolute Gasteiger partial charge is 0.493 e. The summed E-state index contributed by atoms with van der Waals surface area (Å²) in [7, 11) is 5.77. The average Bonchev–Trinajstić information content (AvgIpc) is 2.86. The van der Waals surface area contributed by atoms with Crippen molar-refractivity contribution < 1.29 is 28.5 Å². The molecule has 0 fully saturated rings. The first-order chi connectivity index (χ1) is 15.9. The molecule has 0 atom stereocenters. The number of esters is 2. The molecule has 0 aromatic heterocycles. The Kier molecular flexibility index (Phi) is 8.01. The van der Waals surface area contributed by atoms with Gasteiger partial charge in [-0.2, -0.15) is 0 Å². The molecule has 8 heteroatoms. The summed E-state index contributed by atoms with van der Waals surface area (Å²) in [5.41, 5.74) is 2.20. The molecule has 0 bridgehead atoms. The molecule has 1 aliphatic heterocycles. The molecule has 0 saturated heterocycles. The van der Waals surface area contributed by atoms with E-state index in [2.05, 4.69) is 0 Å². The highest BCUT2D eigenvalue weighted by atomic mass is 35.5. The molecule has 0 amide bonds. The SMILES string of the molecule is COC(=O)C1=CN(CCc2ccc(OC)c(OC)c2)C=C(C(=O)OC)C1c1ccccc1Cl. The maximum atomic E-state index is 12.7. The number of benzene rings is 2. The third-order valence-electron chi connectivity index (χ3n) is 5.40. The highest BCUT2D eigenvalue weighted by Crippen LogP contribution is 2.40. The molecule has 0 unspecified atom stereocenters. The van der Waals surface area contributed by atoms with Crippen molar-refractivity contribution in [3.63, 3.8) is 0 Å². The molecule has 1 heterocycles. The van der Waals surface area contributed by atoms with E-state index >= 15 is 0 Å². The quantitative estimate of drug-likeness (QED) is 0.536. The molecule has 2 aromatic carbocycles. The Morgan fingerprint density at radius 3 is 2.03 bits per heavy atom. The predicted molar refractivity (Wildman–Crippen MR) is 124 cm³/mol. The molecule has 174 valence electrons. The van der Waals surface area contributed by atoms with E-state index in [1.165, 1.54) is 14.2 Å². The molecule has 33 heavy (non-hydrogen) atoms. The van der Waals surface area contributed by atoms with Crippen LogP contribution in [0, 0.1) is 0 Å². The summed E-state index contributed by atoms with van der Waals surface area (Å²) < 4.78 is 20.7. The number of methoxy groups -OCH3 is 4. The number of halogens is 1. The topological polar surface area (TPSA) is 74.3 Å². The Bertz CT molecular complexity index is 1060. The van der Waals surface area contributed by atoms with Gasteiger partial charge in [0.25, 0.3) is 0 Å². The lowest BCUT2D eigenvalue weighted by atomic mass is 9.83. The maximum absolute atomic E-state index is 12.7. The van der Waals surface area contributed by atoms with Gasteiger partial charge in [0, 0.05) is 24.0 Å². The third kappa shape index (κ3) is 5.31.